The van der Waals surface area contributed by atoms with Crippen LogP contribution in [0.3, 0.4) is 0 Å². The van der Waals surface area contributed by atoms with E-state index in [2.05, 4.69) is 10.6 Å². The van der Waals surface area contributed by atoms with Crippen molar-refractivity contribution in [3.8, 4) is 5.75 Å². The van der Waals surface area contributed by atoms with Gasteiger partial charge in [-0.15, -0.1) is 0 Å². The van der Waals surface area contributed by atoms with Gasteiger partial charge in [-0.1, -0.05) is 6.92 Å². The minimum Gasteiger partial charge on any atom is -0.491 e. The molecule has 0 saturated heterocycles. The Balaban J connectivity index is 2.53. The largest absolute Gasteiger partial charge is 0.491 e. The molecule has 0 aromatic heterocycles. The van der Waals surface area contributed by atoms with Gasteiger partial charge in [0.05, 0.1) is 6.10 Å². The Kier molecular flexibility index (Phi) is 5.85. The third kappa shape index (κ3) is 5.42. The molecular weight excluding hydrogens is 244 g/mol. The molecule has 0 unspecified atom stereocenters. The van der Waals surface area contributed by atoms with Crippen LogP contribution in [-0.4, -0.2) is 24.5 Å². The minimum atomic E-state index is -0.661. The second-order valence-corrected chi connectivity index (χ2v) is 4.40. The summed E-state index contributed by atoms with van der Waals surface area (Å²) in [5, 5.41) is 5.04. The van der Waals surface area contributed by atoms with Gasteiger partial charge in [0.1, 0.15) is 5.75 Å². The summed E-state index contributed by atoms with van der Waals surface area (Å²) < 4.78 is 5.48. The Bertz CT molecular complexity index is 427. The Morgan fingerprint density at radius 2 is 1.79 bits per heavy atom. The van der Waals surface area contributed by atoms with Crippen molar-refractivity contribution in [2.75, 3.05) is 11.9 Å². The molecule has 1 aromatic carbocycles. The Morgan fingerprint density at radius 3 is 2.32 bits per heavy atom. The zero-order chi connectivity index (χ0) is 14.3. The van der Waals surface area contributed by atoms with E-state index in [-0.39, 0.29) is 6.10 Å². The molecule has 5 heteroatoms. The lowest BCUT2D eigenvalue weighted by molar-refractivity contribution is -0.136. The van der Waals surface area contributed by atoms with E-state index in [0.29, 0.717) is 12.2 Å². The number of rotatable bonds is 5. The van der Waals surface area contributed by atoms with Gasteiger partial charge in [-0.3, -0.25) is 9.59 Å². The van der Waals surface area contributed by atoms with Crippen LogP contribution < -0.4 is 15.4 Å². The number of ether oxygens (including phenoxy) is 1. The van der Waals surface area contributed by atoms with E-state index in [9.17, 15) is 9.59 Å². The number of hydrogen-bond donors (Lipinski definition) is 2. The third-order valence-electron chi connectivity index (χ3n) is 2.23. The molecule has 0 saturated carbocycles. The molecule has 0 fully saturated rings. The van der Waals surface area contributed by atoms with Crippen molar-refractivity contribution in [1.82, 2.24) is 5.32 Å². The fraction of sp³-hybridized carbons (Fsp3) is 0.429. The van der Waals surface area contributed by atoms with Gasteiger partial charge in [-0.05, 0) is 44.5 Å². The van der Waals surface area contributed by atoms with Crippen molar-refractivity contribution >= 4 is 17.5 Å². The van der Waals surface area contributed by atoms with Crippen LogP contribution in [0.4, 0.5) is 5.69 Å². The van der Waals surface area contributed by atoms with Crippen LogP contribution in [0.25, 0.3) is 0 Å². The molecule has 2 amide bonds. The summed E-state index contributed by atoms with van der Waals surface area (Å²) in [6.07, 6.45) is 0.889. The zero-order valence-electron chi connectivity index (χ0n) is 11.5. The molecule has 0 bridgehead atoms. The highest BCUT2D eigenvalue weighted by Crippen LogP contribution is 2.16. The summed E-state index contributed by atoms with van der Waals surface area (Å²) in [6, 6.07) is 6.89. The molecule has 0 spiro atoms. The summed E-state index contributed by atoms with van der Waals surface area (Å²) in [7, 11) is 0. The highest BCUT2D eigenvalue weighted by Gasteiger charge is 2.12. The van der Waals surface area contributed by atoms with Crippen molar-refractivity contribution < 1.29 is 14.3 Å². The van der Waals surface area contributed by atoms with Crippen molar-refractivity contribution in [2.45, 2.75) is 33.3 Å². The molecule has 5 nitrogen and oxygen atoms in total. The van der Waals surface area contributed by atoms with E-state index in [1.165, 1.54) is 0 Å². The van der Waals surface area contributed by atoms with E-state index in [0.717, 1.165) is 12.2 Å². The normalized spacial score (nSPS) is 10.1. The van der Waals surface area contributed by atoms with E-state index in [1.54, 1.807) is 24.3 Å². The van der Waals surface area contributed by atoms with Gasteiger partial charge in [0, 0.05) is 12.2 Å². The van der Waals surface area contributed by atoms with Crippen LogP contribution in [0.2, 0.25) is 0 Å². The Hall–Kier alpha value is -2.04. The molecule has 0 radical (unpaired) electrons. The van der Waals surface area contributed by atoms with Crippen molar-refractivity contribution in [3.05, 3.63) is 24.3 Å². The lowest BCUT2D eigenvalue weighted by Crippen LogP contribution is -2.35. The van der Waals surface area contributed by atoms with Gasteiger partial charge in [0.15, 0.2) is 0 Å². The fourth-order valence-corrected chi connectivity index (χ4v) is 1.40. The monoisotopic (exact) mass is 264 g/mol. The number of benzene rings is 1. The van der Waals surface area contributed by atoms with Gasteiger partial charge < -0.3 is 15.4 Å². The minimum absolute atomic E-state index is 0.0975. The smallest absolute Gasteiger partial charge is 0.313 e. The standard InChI is InChI=1S/C14H20N2O3/c1-4-9-15-13(17)14(18)16-11-5-7-12(8-6-11)19-10(2)3/h5-8,10H,4,9H2,1-3H3,(H,15,17)(H,16,18). The topological polar surface area (TPSA) is 67.4 Å². The number of carbonyl (C=O) groups is 2. The number of nitrogens with one attached hydrogen (secondary N) is 2. The van der Waals surface area contributed by atoms with Gasteiger partial charge in [-0.25, -0.2) is 0 Å². The van der Waals surface area contributed by atoms with Crippen LogP contribution in [0.15, 0.2) is 24.3 Å². The molecule has 104 valence electrons. The summed E-state index contributed by atoms with van der Waals surface area (Å²) in [5.74, 6) is -0.557. The van der Waals surface area contributed by atoms with Gasteiger partial charge >= 0.3 is 11.8 Å². The molecule has 0 aliphatic carbocycles. The maximum atomic E-state index is 11.5. The molecular formula is C14H20N2O3. The SMILES string of the molecule is CCCNC(=O)C(=O)Nc1ccc(OC(C)C)cc1. The second kappa shape index (κ2) is 7.41. The average molecular weight is 264 g/mol. The van der Waals surface area contributed by atoms with E-state index in [4.69, 9.17) is 4.74 Å². The third-order valence-corrected chi connectivity index (χ3v) is 2.23. The van der Waals surface area contributed by atoms with E-state index < -0.39 is 11.8 Å². The quantitative estimate of drug-likeness (QED) is 0.799. The molecule has 0 heterocycles. The van der Waals surface area contributed by atoms with Crippen molar-refractivity contribution in [3.63, 3.8) is 0 Å². The Labute approximate surface area is 113 Å². The molecule has 1 rings (SSSR count). The van der Waals surface area contributed by atoms with Crippen LogP contribution >= 0.6 is 0 Å². The lowest BCUT2D eigenvalue weighted by atomic mass is 10.3. The van der Waals surface area contributed by atoms with Crippen molar-refractivity contribution in [2.24, 2.45) is 0 Å². The molecule has 19 heavy (non-hydrogen) atoms. The number of amides is 2. The first-order valence-electron chi connectivity index (χ1n) is 6.38. The summed E-state index contributed by atoms with van der Waals surface area (Å²) >= 11 is 0. The van der Waals surface area contributed by atoms with Gasteiger partial charge in [-0.2, -0.15) is 0 Å². The highest BCUT2D eigenvalue weighted by molar-refractivity contribution is 6.39. The molecule has 0 atom stereocenters. The first-order chi connectivity index (χ1) is 9.02. The zero-order valence-corrected chi connectivity index (χ0v) is 11.5. The predicted octanol–water partition coefficient (Wildman–Crippen LogP) is 1.94. The number of anilines is 1. The summed E-state index contributed by atoms with van der Waals surface area (Å²) in [5.41, 5.74) is 0.563. The van der Waals surface area contributed by atoms with Gasteiger partial charge in [0.2, 0.25) is 0 Å². The van der Waals surface area contributed by atoms with Crippen molar-refractivity contribution in [1.29, 1.82) is 0 Å². The maximum Gasteiger partial charge on any atom is 0.313 e. The van der Waals surface area contributed by atoms with Crippen LogP contribution in [0.1, 0.15) is 27.2 Å². The molecule has 2 N–H and O–H groups in total. The van der Waals surface area contributed by atoms with Gasteiger partial charge in [0.25, 0.3) is 0 Å². The van der Waals surface area contributed by atoms with Crippen LogP contribution in [-0.2, 0) is 9.59 Å². The number of carbonyl (C=O) groups excluding carboxylic acids is 2. The van der Waals surface area contributed by atoms with Crippen LogP contribution in [0, 0.1) is 0 Å². The lowest BCUT2D eigenvalue weighted by Gasteiger charge is -2.10. The predicted molar refractivity (Wildman–Crippen MR) is 74.1 cm³/mol. The first kappa shape index (κ1) is 15.0. The fourth-order valence-electron chi connectivity index (χ4n) is 1.40. The maximum absolute atomic E-state index is 11.5. The van der Waals surface area contributed by atoms with E-state index in [1.807, 2.05) is 20.8 Å². The second-order valence-electron chi connectivity index (χ2n) is 4.40. The highest BCUT2D eigenvalue weighted by atomic mass is 16.5. The number of hydrogen-bond acceptors (Lipinski definition) is 3. The van der Waals surface area contributed by atoms with Crippen LogP contribution in [0.5, 0.6) is 5.75 Å². The Morgan fingerprint density at radius 1 is 1.16 bits per heavy atom. The first-order valence-corrected chi connectivity index (χ1v) is 6.38. The molecule has 0 aliphatic heterocycles. The molecule has 0 aliphatic rings. The average Bonchev–Trinajstić information content (AvgIpc) is 2.37. The van der Waals surface area contributed by atoms with E-state index >= 15 is 0 Å². The molecule has 1 aromatic rings. The summed E-state index contributed by atoms with van der Waals surface area (Å²) in [4.78, 5) is 22.9. The summed E-state index contributed by atoms with van der Waals surface area (Å²) in [6.45, 7) is 6.29.